The fourth-order valence-electron chi connectivity index (χ4n) is 4.10. The fourth-order valence-corrected chi connectivity index (χ4v) is 4.10. The highest BCUT2D eigenvalue weighted by Crippen LogP contribution is 2.33. The van der Waals surface area contributed by atoms with Crippen molar-refractivity contribution in [3.8, 4) is 11.5 Å². The number of hydrogen-bond donors (Lipinski definition) is 4. The van der Waals surface area contributed by atoms with Gasteiger partial charge in [0.15, 0.2) is 0 Å². The summed E-state index contributed by atoms with van der Waals surface area (Å²) in [7, 11) is 1.50. The van der Waals surface area contributed by atoms with Crippen molar-refractivity contribution in [1.82, 2.24) is 10.6 Å². The number of ether oxygens (including phenoxy) is 2. The van der Waals surface area contributed by atoms with Gasteiger partial charge in [-0.3, -0.25) is 14.9 Å². The van der Waals surface area contributed by atoms with E-state index in [1.165, 1.54) is 19.2 Å². The maximum absolute atomic E-state index is 14.0. The van der Waals surface area contributed by atoms with Crippen molar-refractivity contribution in [1.29, 1.82) is 0 Å². The Balaban J connectivity index is 2.06. The minimum Gasteiger partial charge on any atom is -0.494 e. The van der Waals surface area contributed by atoms with E-state index in [0.717, 1.165) is 0 Å². The quantitative estimate of drug-likeness (QED) is 0.186. The third kappa shape index (κ3) is 11.0. The number of amides is 1. The Kier molecular flexibility index (Phi) is 13.1. The molecule has 0 saturated carbocycles. The van der Waals surface area contributed by atoms with Crippen LogP contribution < -0.4 is 25.4 Å². The molecule has 0 aliphatic rings. The molecule has 0 saturated heterocycles. The Morgan fingerprint density at radius 2 is 1.77 bits per heavy atom. The number of carboxylic acid groups (broad SMARTS) is 1. The maximum Gasteiger partial charge on any atom is 0.407 e. The first-order valence-electron chi connectivity index (χ1n) is 13.4. The van der Waals surface area contributed by atoms with E-state index in [-0.39, 0.29) is 37.0 Å². The van der Waals surface area contributed by atoms with E-state index in [4.69, 9.17) is 14.6 Å². The molecule has 11 heteroatoms. The summed E-state index contributed by atoms with van der Waals surface area (Å²) in [6.45, 7) is 6.16. The van der Waals surface area contributed by atoms with Gasteiger partial charge in [-0.1, -0.05) is 51.1 Å². The van der Waals surface area contributed by atoms with Gasteiger partial charge < -0.3 is 25.2 Å². The van der Waals surface area contributed by atoms with Gasteiger partial charge in [-0.2, -0.15) is 13.2 Å². The number of hydrogen-bond acceptors (Lipinski definition) is 6. The topological polar surface area (TPSA) is 109 Å². The number of anilines is 1. The van der Waals surface area contributed by atoms with Gasteiger partial charge >= 0.3 is 12.1 Å². The van der Waals surface area contributed by atoms with Gasteiger partial charge in [0.25, 0.3) is 0 Å². The lowest BCUT2D eigenvalue weighted by atomic mass is 9.99. The molecule has 0 aliphatic heterocycles. The van der Waals surface area contributed by atoms with Crippen molar-refractivity contribution in [3.63, 3.8) is 0 Å². The number of benzene rings is 2. The summed E-state index contributed by atoms with van der Waals surface area (Å²) in [6, 6.07) is 9.27. The van der Waals surface area contributed by atoms with Crippen molar-refractivity contribution in [2.24, 2.45) is 5.92 Å². The normalized spacial score (nSPS) is 13.8. The Hall–Kier alpha value is -3.47. The molecule has 2 aromatic carbocycles. The van der Waals surface area contributed by atoms with E-state index < -0.39 is 30.1 Å². The van der Waals surface area contributed by atoms with Gasteiger partial charge in [-0.15, -0.1) is 0 Å². The van der Waals surface area contributed by atoms with E-state index in [9.17, 15) is 22.8 Å². The van der Waals surface area contributed by atoms with Crippen LogP contribution >= 0.6 is 0 Å². The van der Waals surface area contributed by atoms with Crippen LogP contribution in [0.4, 0.5) is 18.9 Å². The summed E-state index contributed by atoms with van der Waals surface area (Å²) in [5.74, 6) is -0.383. The van der Waals surface area contributed by atoms with Gasteiger partial charge in [-0.05, 0) is 42.9 Å². The van der Waals surface area contributed by atoms with Crippen molar-refractivity contribution in [2.45, 2.75) is 70.8 Å². The number of carboxylic acids is 1. The molecule has 4 N–H and O–H groups in total. The van der Waals surface area contributed by atoms with Gasteiger partial charge in [0.1, 0.15) is 17.5 Å². The monoisotopic (exact) mass is 567 g/mol. The largest absolute Gasteiger partial charge is 0.494 e. The van der Waals surface area contributed by atoms with E-state index >= 15 is 0 Å². The SMILES string of the molecule is CC[C@@H](CNc1ccc(OCCCC(=O)O)cc1OC)NC(=O)[C@H](CC(C)C)N[C@@H](c1ccccc1)C(F)(F)F. The van der Waals surface area contributed by atoms with Crippen molar-refractivity contribution >= 4 is 17.6 Å². The molecule has 222 valence electrons. The minimum atomic E-state index is -4.58. The molecule has 0 aliphatic carbocycles. The smallest absolute Gasteiger partial charge is 0.407 e. The summed E-state index contributed by atoms with van der Waals surface area (Å²) in [5, 5.41) is 17.4. The lowest BCUT2D eigenvalue weighted by molar-refractivity contribution is -0.161. The van der Waals surface area contributed by atoms with Crippen LogP contribution in [0.2, 0.25) is 0 Å². The lowest BCUT2D eigenvalue weighted by Crippen LogP contribution is -2.52. The van der Waals surface area contributed by atoms with Crippen LogP contribution in [-0.4, -0.2) is 55.5 Å². The Morgan fingerprint density at radius 3 is 2.35 bits per heavy atom. The van der Waals surface area contributed by atoms with Crippen LogP contribution in [0, 0.1) is 5.92 Å². The van der Waals surface area contributed by atoms with E-state index in [0.29, 0.717) is 36.6 Å². The highest BCUT2D eigenvalue weighted by molar-refractivity contribution is 5.82. The third-order valence-electron chi connectivity index (χ3n) is 6.21. The van der Waals surface area contributed by atoms with Crippen LogP contribution in [0.5, 0.6) is 11.5 Å². The molecule has 1 amide bonds. The molecule has 40 heavy (non-hydrogen) atoms. The molecular weight excluding hydrogens is 527 g/mol. The van der Waals surface area contributed by atoms with E-state index in [2.05, 4.69) is 16.0 Å². The molecule has 3 atom stereocenters. The molecule has 0 spiro atoms. The number of carbonyl (C=O) groups is 2. The first-order valence-corrected chi connectivity index (χ1v) is 13.4. The molecule has 0 fully saturated rings. The molecular formula is C29H40F3N3O5. The minimum absolute atomic E-state index is 0.0115. The summed E-state index contributed by atoms with van der Waals surface area (Å²) < 4.78 is 52.9. The highest BCUT2D eigenvalue weighted by atomic mass is 19.4. The molecule has 0 heterocycles. The highest BCUT2D eigenvalue weighted by Gasteiger charge is 2.43. The summed E-state index contributed by atoms with van der Waals surface area (Å²) in [6.07, 6.45) is -3.42. The number of carbonyl (C=O) groups excluding carboxylic acids is 1. The molecule has 0 bridgehead atoms. The second-order valence-corrected chi connectivity index (χ2v) is 9.94. The van der Waals surface area contributed by atoms with Gasteiger partial charge in [0.05, 0.1) is 25.4 Å². The molecule has 0 unspecified atom stereocenters. The molecule has 8 nitrogen and oxygen atoms in total. The Bertz CT molecular complexity index is 1070. The van der Waals surface area contributed by atoms with Crippen LogP contribution in [0.1, 0.15) is 58.1 Å². The maximum atomic E-state index is 14.0. The number of nitrogens with one attached hydrogen (secondary N) is 3. The van der Waals surface area contributed by atoms with Gasteiger partial charge in [0.2, 0.25) is 5.91 Å². The zero-order chi connectivity index (χ0) is 29.7. The molecule has 2 aromatic rings. The fraction of sp³-hybridized carbons (Fsp3) is 0.517. The van der Waals surface area contributed by atoms with Gasteiger partial charge in [-0.25, -0.2) is 0 Å². The van der Waals surface area contributed by atoms with Crippen LogP contribution in [0.3, 0.4) is 0 Å². The zero-order valence-corrected chi connectivity index (χ0v) is 23.4. The number of aliphatic carboxylic acids is 1. The Labute approximate surface area is 233 Å². The first-order chi connectivity index (χ1) is 18.9. The van der Waals surface area contributed by atoms with Crippen LogP contribution in [0.25, 0.3) is 0 Å². The molecule has 0 radical (unpaired) electrons. The summed E-state index contributed by atoms with van der Waals surface area (Å²) >= 11 is 0. The van der Waals surface area contributed by atoms with Crippen LogP contribution in [0.15, 0.2) is 48.5 Å². The zero-order valence-electron chi connectivity index (χ0n) is 23.4. The van der Waals surface area contributed by atoms with Crippen molar-refractivity contribution in [3.05, 3.63) is 54.1 Å². The molecule has 0 aromatic heterocycles. The number of methoxy groups -OCH3 is 1. The van der Waals surface area contributed by atoms with E-state index in [1.807, 2.05) is 20.8 Å². The standard InChI is InChI=1S/C29H40F3N3O5/c1-5-21(18-33-23-14-13-22(17-25(23)39-4)40-15-9-12-26(36)37)34-28(38)24(16-19(2)3)35-27(29(30,31)32)20-10-7-6-8-11-20/h6-8,10-11,13-14,17,19,21,24,27,33,35H,5,9,12,15-16,18H2,1-4H3,(H,34,38)(H,36,37)/t21-,24-,27-/m0/s1. The number of rotatable bonds is 17. The summed E-state index contributed by atoms with van der Waals surface area (Å²) in [5.41, 5.74) is 0.692. The first kappa shape index (κ1) is 32.7. The average molecular weight is 568 g/mol. The van der Waals surface area contributed by atoms with Crippen molar-refractivity contribution < 1.29 is 37.3 Å². The summed E-state index contributed by atoms with van der Waals surface area (Å²) in [4.78, 5) is 23.9. The predicted octanol–water partition coefficient (Wildman–Crippen LogP) is 5.55. The van der Waals surface area contributed by atoms with Crippen LogP contribution in [-0.2, 0) is 9.59 Å². The number of halogens is 3. The van der Waals surface area contributed by atoms with Gasteiger partial charge in [0, 0.05) is 25.1 Å². The average Bonchev–Trinajstić information content (AvgIpc) is 2.90. The van der Waals surface area contributed by atoms with E-state index in [1.54, 1.807) is 36.4 Å². The van der Waals surface area contributed by atoms with Crippen molar-refractivity contribution in [2.75, 3.05) is 25.6 Å². The lowest BCUT2D eigenvalue weighted by Gasteiger charge is -2.29. The molecule has 2 rings (SSSR count). The second-order valence-electron chi connectivity index (χ2n) is 9.94. The number of alkyl halides is 3. The predicted molar refractivity (Wildman–Crippen MR) is 148 cm³/mol. The second kappa shape index (κ2) is 16.0. The third-order valence-corrected chi connectivity index (χ3v) is 6.21. The Morgan fingerprint density at radius 1 is 1.07 bits per heavy atom.